The second-order valence-corrected chi connectivity index (χ2v) is 8.52. The zero-order chi connectivity index (χ0) is 21.0. The Labute approximate surface area is 200 Å². The van der Waals surface area contributed by atoms with Crippen LogP contribution in [0, 0.1) is 5.41 Å². The third kappa shape index (κ3) is 4.74. The van der Waals surface area contributed by atoms with E-state index >= 15 is 0 Å². The number of benzene rings is 3. The first-order valence-corrected chi connectivity index (χ1v) is 11.4. The Morgan fingerprint density at radius 2 is 1.22 bits per heavy atom. The summed E-state index contributed by atoms with van der Waals surface area (Å²) in [6, 6.07) is 27.7. The van der Waals surface area contributed by atoms with E-state index in [2.05, 4.69) is 86.8 Å². The number of imidazole rings is 1. The van der Waals surface area contributed by atoms with Gasteiger partial charge in [-0.2, -0.15) is 0 Å². The van der Waals surface area contributed by atoms with Gasteiger partial charge in [-0.25, -0.2) is 0 Å². The van der Waals surface area contributed by atoms with Gasteiger partial charge in [-0.1, -0.05) is 73.2 Å². The van der Waals surface area contributed by atoms with Crippen LogP contribution in [0.2, 0.25) is 0 Å². The van der Waals surface area contributed by atoms with Crippen molar-refractivity contribution in [1.29, 1.82) is 5.41 Å². The van der Waals surface area contributed by atoms with Gasteiger partial charge in [0.1, 0.15) is 0 Å². The molecule has 5 heteroatoms. The molecule has 4 aromatic rings. The maximum atomic E-state index is 8.93. The van der Waals surface area contributed by atoms with E-state index in [4.69, 9.17) is 5.41 Å². The van der Waals surface area contributed by atoms with Crippen molar-refractivity contribution in [2.45, 2.75) is 32.4 Å². The van der Waals surface area contributed by atoms with E-state index in [1.807, 2.05) is 6.07 Å². The van der Waals surface area contributed by atoms with E-state index in [-0.39, 0.29) is 17.0 Å². The standard InChI is InChI=1S/C27H30N4.BrH/c28-27-30(20-19-29-17-7-2-8-18-29)25-11-5-6-12-26(25)31(27)21-22-13-15-24(16-14-22)23-9-3-1-4-10-23;/h1,3-6,9-16,28H,2,7-8,17-21H2;1H. The number of nitrogens with zero attached hydrogens (tertiary/aromatic N) is 3. The molecule has 32 heavy (non-hydrogen) atoms. The molecule has 0 unspecified atom stereocenters. The third-order valence-corrected chi connectivity index (χ3v) is 6.46. The molecule has 0 bridgehead atoms. The molecule has 0 saturated carbocycles. The van der Waals surface area contributed by atoms with Gasteiger partial charge in [-0.15, -0.1) is 17.0 Å². The zero-order valence-electron chi connectivity index (χ0n) is 18.4. The SMILES string of the molecule is Br.N=c1n(CCN2CCCCC2)c2ccccc2n1Cc1ccc(-c2ccccc2)cc1. The van der Waals surface area contributed by atoms with Crippen molar-refractivity contribution < 1.29 is 0 Å². The number of likely N-dealkylation sites (tertiary alicyclic amines) is 1. The van der Waals surface area contributed by atoms with Crippen molar-refractivity contribution >= 4 is 28.0 Å². The van der Waals surface area contributed by atoms with Crippen LogP contribution in [-0.2, 0) is 13.1 Å². The summed E-state index contributed by atoms with van der Waals surface area (Å²) in [5, 5.41) is 8.93. The lowest BCUT2D eigenvalue weighted by atomic mass is 10.0. The van der Waals surface area contributed by atoms with Gasteiger partial charge in [-0.05, 0) is 54.8 Å². The molecule has 3 aromatic carbocycles. The number of piperidine rings is 1. The molecule has 1 saturated heterocycles. The fraction of sp³-hybridized carbons (Fsp3) is 0.296. The van der Waals surface area contributed by atoms with Crippen LogP contribution in [0.1, 0.15) is 24.8 Å². The number of hydrogen-bond acceptors (Lipinski definition) is 2. The van der Waals surface area contributed by atoms with Gasteiger partial charge in [0.2, 0.25) is 5.62 Å². The number of fused-ring (bicyclic) bond motifs is 1. The van der Waals surface area contributed by atoms with Crippen LogP contribution in [0.4, 0.5) is 0 Å². The van der Waals surface area contributed by atoms with Gasteiger partial charge in [0.05, 0.1) is 17.6 Å². The predicted octanol–water partition coefficient (Wildman–Crippen LogP) is 5.70. The molecule has 1 fully saturated rings. The van der Waals surface area contributed by atoms with Crippen LogP contribution in [-0.4, -0.2) is 33.7 Å². The van der Waals surface area contributed by atoms with E-state index in [0.29, 0.717) is 12.2 Å². The van der Waals surface area contributed by atoms with E-state index in [1.54, 1.807) is 0 Å². The quantitative estimate of drug-likeness (QED) is 0.369. The van der Waals surface area contributed by atoms with E-state index in [0.717, 1.165) is 24.1 Å². The summed E-state index contributed by atoms with van der Waals surface area (Å²) in [6.07, 6.45) is 3.97. The topological polar surface area (TPSA) is 37.0 Å². The Kier molecular flexibility index (Phi) is 7.28. The monoisotopic (exact) mass is 490 g/mol. The second kappa shape index (κ2) is 10.3. The highest BCUT2D eigenvalue weighted by Crippen LogP contribution is 2.21. The van der Waals surface area contributed by atoms with Crippen LogP contribution in [0.15, 0.2) is 78.9 Å². The smallest absolute Gasteiger partial charge is 0.203 e. The molecular formula is C27H31BrN4. The molecular weight excluding hydrogens is 460 g/mol. The molecule has 1 aromatic heterocycles. The maximum Gasteiger partial charge on any atom is 0.203 e. The van der Waals surface area contributed by atoms with E-state index in [1.165, 1.54) is 49.0 Å². The second-order valence-electron chi connectivity index (χ2n) is 8.52. The number of nitrogens with one attached hydrogen (secondary N) is 1. The minimum absolute atomic E-state index is 0. The molecule has 1 aliphatic rings. The normalized spacial score (nSPS) is 14.4. The number of aromatic nitrogens is 2. The Morgan fingerprint density at radius 1 is 0.625 bits per heavy atom. The van der Waals surface area contributed by atoms with Crippen molar-refractivity contribution in [2.24, 2.45) is 0 Å². The van der Waals surface area contributed by atoms with Crippen molar-refractivity contribution in [2.75, 3.05) is 19.6 Å². The Balaban J connectivity index is 0.00000245. The molecule has 166 valence electrons. The molecule has 1 aliphatic heterocycles. The minimum atomic E-state index is 0. The van der Waals surface area contributed by atoms with Crippen molar-refractivity contribution in [3.8, 4) is 11.1 Å². The predicted molar refractivity (Wildman–Crippen MR) is 137 cm³/mol. The van der Waals surface area contributed by atoms with Gasteiger partial charge in [0, 0.05) is 13.1 Å². The summed E-state index contributed by atoms with van der Waals surface area (Å²) in [5.41, 5.74) is 6.56. The third-order valence-electron chi connectivity index (χ3n) is 6.46. The van der Waals surface area contributed by atoms with Crippen LogP contribution >= 0.6 is 17.0 Å². The van der Waals surface area contributed by atoms with Crippen molar-refractivity contribution in [3.63, 3.8) is 0 Å². The first-order chi connectivity index (χ1) is 15.3. The number of hydrogen-bond donors (Lipinski definition) is 1. The molecule has 0 aliphatic carbocycles. The highest BCUT2D eigenvalue weighted by atomic mass is 79.9. The molecule has 0 radical (unpaired) electrons. The van der Waals surface area contributed by atoms with E-state index < -0.39 is 0 Å². The highest BCUT2D eigenvalue weighted by Gasteiger charge is 2.14. The Morgan fingerprint density at radius 3 is 1.91 bits per heavy atom. The number of rotatable bonds is 6. The average Bonchev–Trinajstić information content (AvgIpc) is 3.10. The summed E-state index contributed by atoms with van der Waals surface area (Å²) in [5.74, 6) is 0. The molecule has 0 amide bonds. The van der Waals surface area contributed by atoms with Gasteiger partial charge in [0.25, 0.3) is 0 Å². The Hall–Kier alpha value is -2.63. The molecule has 1 N–H and O–H groups in total. The lowest BCUT2D eigenvalue weighted by Crippen LogP contribution is -2.35. The van der Waals surface area contributed by atoms with Crippen LogP contribution < -0.4 is 5.62 Å². The average molecular weight is 491 g/mol. The summed E-state index contributed by atoms with van der Waals surface area (Å²) in [4.78, 5) is 2.55. The fourth-order valence-electron chi connectivity index (χ4n) is 4.72. The zero-order valence-corrected chi connectivity index (χ0v) is 20.1. The minimum Gasteiger partial charge on any atom is -0.309 e. The highest BCUT2D eigenvalue weighted by molar-refractivity contribution is 8.93. The van der Waals surface area contributed by atoms with Gasteiger partial charge >= 0.3 is 0 Å². The summed E-state index contributed by atoms with van der Waals surface area (Å²) in [7, 11) is 0. The first-order valence-electron chi connectivity index (χ1n) is 11.4. The van der Waals surface area contributed by atoms with Gasteiger partial charge in [0.15, 0.2) is 0 Å². The van der Waals surface area contributed by atoms with Gasteiger partial charge < -0.3 is 14.0 Å². The Bertz CT molecular complexity index is 1200. The summed E-state index contributed by atoms with van der Waals surface area (Å²) >= 11 is 0. The van der Waals surface area contributed by atoms with Crippen molar-refractivity contribution in [3.05, 3.63) is 90.0 Å². The van der Waals surface area contributed by atoms with E-state index in [9.17, 15) is 0 Å². The maximum absolute atomic E-state index is 8.93. The molecule has 4 nitrogen and oxygen atoms in total. The molecule has 0 atom stereocenters. The lowest BCUT2D eigenvalue weighted by molar-refractivity contribution is 0.220. The number of para-hydroxylation sites is 2. The van der Waals surface area contributed by atoms with Crippen molar-refractivity contribution in [1.82, 2.24) is 14.0 Å². The van der Waals surface area contributed by atoms with Crippen LogP contribution in [0.3, 0.4) is 0 Å². The molecule has 5 rings (SSSR count). The fourth-order valence-corrected chi connectivity index (χ4v) is 4.72. The van der Waals surface area contributed by atoms with Gasteiger partial charge in [-0.3, -0.25) is 5.41 Å². The molecule has 2 heterocycles. The van der Waals surface area contributed by atoms with Crippen LogP contribution in [0.25, 0.3) is 22.2 Å². The summed E-state index contributed by atoms with van der Waals surface area (Å²) < 4.78 is 4.32. The molecule has 0 spiro atoms. The summed E-state index contributed by atoms with van der Waals surface area (Å²) in [6.45, 7) is 5.00. The number of halogens is 1. The van der Waals surface area contributed by atoms with Crippen LogP contribution in [0.5, 0.6) is 0 Å². The lowest BCUT2D eigenvalue weighted by Gasteiger charge is -2.26. The first kappa shape index (κ1) is 22.6. The largest absolute Gasteiger partial charge is 0.309 e.